The highest BCUT2D eigenvalue weighted by atomic mass is 35.5. The van der Waals surface area contributed by atoms with E-state index in [9.17, 15) is 4.79 Å². The van der Waals surface area contributed by atoms with E-state index in [0.717, 1.165) is 25.7 Å². The molecule has 4 nitrogen and oxygen atoms in total. The predicted molar refractivity (Wildman–Crippen MR) is 63.0 cm³/mol. The number of H-pyrrole nitrogens is 1. The van der Waals surface area contributed by atoms with Gasteiger partial charge in [0.2, 0.25) is 0 Å². The number of rotatable bonds is 1. The molecule has 1 N–H and O–H groups in total. The SMILES string of the molecule is O=c1[nH]ccnc1N1C2CCC1CC(Cl)C2. The Labute approximate surface area is 98.6 Å². The Hall–Kier alpha value is -1.03. The minimum absolute atomic E-state index is 0.0903. The Morgan fingerprint density at radius 1 is 1.38 bits per heavy atom. The van der Waals surface area contributed by atoms with Gasteiger partial charge in [-0.15, -0.1) is 11.6 Å². The Morgan fingerprint density at radius 2 is 2.06 bits per heavy atom. The molecule has 0 aliphatic carbocycles. The minimum Gasteiger partial charge on any atom is -0.346 e. The van der Waals surface area contributed by atoms with Crippen molar-refractivity contribution in [1.29, 1.82) is 0 Å². The van der Waals surface area contributed by atoms with Crippen LogP contribution in [0.1, 0.15) is 25.7 Å². The maximum absolute atomic E-state index is 11.7. The number of fused-ring (bicyclic) bond motifs is 2. The second-order valence-corrected chi connectivity index (χ2v) is 5.22. The van der Waals surface area contributed by atoms with Crippen LogP contribution in [-0.4, -0.2) is 27.4 Å². The third-order valence-electron chi connectivity index (χ3n) is 3.61. The molecule has 2 saturated heterocycles. The smallest absolute Gasteiger partial charge is 0.290 e. The molecule has 2 fully saturated rings. The fourth-order valence-corrected chi connectivity index (χ4v) is 3.40. The summed E-state index contributed by atoms with van der Waals surface area (Å²) in [6, 6.07) is 0.800. The largest absolute Gasteiger partial charge is 0.346 e. The monoisotopic (exact) mass is 239 g/mol. The average molecular weight is 240 g/mol. The van der Waals surface area contributed by atoms with Gasteiger partial charge in [0.15, 0.2) is 5.82 Å². The Kier molecular flexibility index (Phi) is 2.39. The molecule has 2 atom stereocenters. The first-order valence-electron chi connectivity index (χ1n) is 5.72. The van der Waals surface area contributed by atoms with Crippen LogP contribution in [-0.2, 0) is 0 Å². The predicted octanol–water partition coefficient (Wildman–Crippen LogP) is 1.51. The van der Waals surface area contributed by atoms with E-state index in [2.05, 4.69) is 14.9 Å². The van der Waals surface area contributed by atoms with Crippen molar-refractivity contribution in [1.82, 2.24) is 9.97 Å². The summed E-state index contributed by atoms with van der Waals surface area (Å²) in [4.78, 5) is 20.8. The van der Waals surface area contributed by atoms with Crippen LogP contribution in [0.4, 0.5) is 5.82 Å². The minimum atomic E-state index is -0.0903. The van der Waals surface area contributed by atoms with Crippen LogP contribution in [0.5, 0.6) is 0 Å². The lowest BCUT2D eigenvalue weighted by atomic mass is 10.0. The number of hydrogen-bond donors (Lipinski definition) is 1. The van der Waals surface area contributed by atoms with Crippen LogP contribution < -0.4 is 10.5 Å². The van der Waals surface area contributed by atoms with E-state index in [-0.39, 0.29) is 10.9 Å². The molecule has 3 heterocycles. The van der Waals surface area contributed by atoms with Gasteiger partial charge < -0.3 is 9.88 Å². The van der Waals surface area contributed by atoms with E-state index in [4.69, 9.17) is 11.6 Å². The van der Waals surface area contributed by atoms with Crippen molar-refractivity contribution in [2.24, 2.45) is 0 Å². The van der Waals surface area contributed by atoms with Crippen LogP contribution in [0, 0.1) is 0 Å². The van der Waals surface area contributed by atoms with E-state index in [1.165, 1.54) is 0 Å². The maximum Gasteiger partial charge on any atom is 0.290 e. The molecule has 5 heteroatoms. The zero-order valence-corrected chi connectivity index (χ0v) is 9.65. The Balaban J connectivity index is 1.97. The van der Waals surface area contributed by atoms with E-state index in [1.54, 1.807) is 12.4 Å². The van der Waals surface area contributed by atoms with Crippen molar-refractivity contribution >= 4 is 17.4 Å². The molecule has 0 amide bonds. The third-order valence-corrected chi connectivity index (χ3v) is 3.97. The van der Waals surface area contributed by atoms with Gasteiger partial charge in [-0.3, -0.25) is 4.79 Å². The number of alkyl halides is 1. The van der Waals surface area contributed by atoms with Gasteiger partial charge in [0.1, 0.15) is 0 Å². The lowest BCUT2D eigenvalue weighted by Gasteiger charge is -2.37. The molecule has 2 aliphatic heterocycles. The van der Waals surface area contributed by atoms with Crippen molar-refractivity contribution in [2.75, 3.05) is 4.90 Å². The maximum atomic E-state index is 11.7. The third kappa shape index (κ3) is 1.52. The number of anilines is 1. The molecule has 86 valence electrons. The molecule has 1 aromatic rings. The summed E-state index contributed by atoms with van der Waals surface area (Å²) in [7, 11) is 0. The summed E-state index contributed by atoms with van der Waals surface area (Å²) in [5.74, 6) is 0.568. The molecule has 1 aromatic heterocycles. The lowest BCUT2D eigenvalue weighted by molar-refractivity contribution is 0.469. The van der Waals surface area contributed by atoms with E-state index >= 15 is 0 Å². The van der Waals surface area contributed by atoms with Gasteiger partial charge >= 0.3 is 0 Å². The van der Waals surface area contributed by atoms with Crippen molar-refractivity contribution in [3.8, 4) is 0 Å². The Bertz CT molecular complexity index is 433. The highest BCUT2D eigenvalue weighted by Gasteiger charge is 2.41. The van der Waals surface area contributed by atoms with Crippen molar-refractivity contribution in [2.45, 2.75) is 43.1 Å². The van der Waals surface area contributed by atoms with Gasteiger partial charge in [0.05, 0.1) is 0 Å². The van der Waals surface area contributed by atoms with Crippen molar-refractivity contribution < 1.29 is 0 Å². The molecule has 2 aliphatic rings. The first-order chi connectivity index (χ1) is 7.75. The van der Waals surface area contributed by atoms with Gasteiger partial charge in [-0.2, -0.15) is 0 Å². The number of aromatic nitrogens is 2. The zero-order chi connectivity index (χ0) is 11.1. The number of aromatic amines is 1. The molecule has 2 unspecified atom stereocenters. The van der Waals surface area contributed by atoms with E-state index < -0.39 is 0 Å². The normalized spacial score (nSPS) is 33.1. The molecule has 0 radical (unpaired) electrons. The quantitative estimate of drug-likeness (QED) is 0.756. The lowest BCUT2D eigenvalue weighted by Crippen LogP contribution is -2.46. The topological polar surface area (TPSA) is 49.0 Å². The summed E-state index contributed by atoms with van der Waals surface area (Å²) < 4.78 is 0. The first-order valence-corrected chi connectivity index (χ1v) is 6.15. The number of nitrogens with one attached hydrogen (secondary N) is 1. The number of piperidine rings is 1. The second-order valence-electron chi connectivity index (χ2n) is 4.60. The second kappa shape index (κ2) is 3.77. The summed E-state index contributed by atoms with van der Waals surface area (Å²) in [5, 5.41) is 0.261. The summed E-state index contributed by atoms with van der Waals surface area (Å²) in [6.07, 6.45) is 7.40. The highest BCUT2D eigenvalue weighted by Crippen LogP contribution is 2.38. The molecule has 16 heavy (non-hydrogen) atoms. The van der Waals surface area contributed by atoms with E-state index in [1.807, 2.05) is 0 Å². The summed E-state index contributed by atoms with van der Waals surface area (Å²) >= 11 is 6.21. The zero-order valence-electron chi connectivity index (χ0n) is 8.90. The molecule has 2 bridgehead atoms. The van der Waals surface area contributed by atoms with Crippen molar-refractivity contribution in [3.63, 3.8) is 0 Å². The summed E-state index contributed by atoms with van der Waals surface area (Å²) in [6.45, 7) is 0. The van der Waals surface area contributed by atoms with Gasteiger partial charge in [-0.1, -0.05) is 0 Å². The van der Waals surface area contributed by atoms with Gasteiger partial charge in [-0.05, 0) is 25.7 Å². The first kappa shape index (κ1) is 10.1. The van der Waals surface area contributed by atoms with Crippen LogP contribution in [0.25, 0.3) is 0 Å². The Morgan fingerprint density at radius 3 is 2.69 bits per heavy atom. The van der Waals surface area contributed by atoms with Gasteiger partial charge in [0, 0.05) is 29.9 Å². The number of nitrogens with zero attached hydrogens (tertiary/aromatic N) is 2. The fourth-order valence-electron chi connectivity index (χ4n) is 2.98. The van der Waals surface area contributed by atoms with Crippen LogP contribution in [0.2, 0.25) is 0 Å². The molecular weight excluding hydrogens is 226 g/mol. The summed E-state index contributed by atoms with van der Waals surface area (Å²) in [5.41, 5.74) is -0.0903. The highest BCUT2D eigenvalue weighted by molar-refractivity contribution is 6.20. The molecule has 0 spiro atoms. The van der Waals surface area contributed by atoms with E-state index in [0.29, 0.717) is 17.9 Å². The molecule has 0 aromatic carbocycles. The number of hydrogen-bond acceptors (Lipinski definition) is 3. The molecular formula is C11H14ClN3O. The average Bonchev–Trinajstić information content (AvgIpc) is 2.53. The standard InChI is InChI=1S/C11H14ClN3O/c12-7-5-8-1-2-9(6-7)15(8)10-11(16)14-4-3-13-10/h3-4,7-9H,1-2,5-6H2,(H,14,16). The van der Waals surface area contributed by atoms with Crippen molar-refractivity contribution in [3.05, 3.63) is 22.7 Å². The fraction of sp³-hybridized carbons (Fsp3) is 0.636. The molecule has 3 rings (SSSR count). The van der Waals surface area contributed by atoms with Crippen LogP contribution in [0.3, 0.4) is 0 Å². The van der Waals surface area contributed by atoms with Crippen LogP contribution in [0.15, 0.2) is 17.2 Å². The van der Waals surface area contributed by atoms with Gasteiger partial charge in [0.25, 0.3) is 5.56 Å². The number of halogens is 1. The molecule has 0 saturated carbocycles. The van der Waals surface area contributed by atoms with Crippen LogP contribution >= 0.6 is 11.6 Å². The van der Waals surface area contributed by atoms with Gasteiger partial charge in [-0.25, -0.2) is 4.98 Å².